The second kappa shape index (κ2) is 6.09. The molecule has 2 aromatic rings. The number of benzene rings is 1. The molecule has 0 aliphatic heterocycles. The lowest BCUT2D eigenvalue weighted by molar-refractivity contribution is 0.134. The molecular weight excluding hydrogens is 252 g/mol. The molecule has 0 bridgehead atoms. The summed E-state index contributed by atoms with van der Waals surface area (Å²) in [4.78, 5) is 4.40. The predicted octanol–water partition coefficient (Wildman–Crippen LogP) is 3.08. The second-order valence-corrected chi connectivity index (χ2v) is 5.19. The average molecular weight is 272 g/mol. The van der Waals surface area contributed by atoms with Crippen molar-refractivity contribution in [3.8, 4) is 5.75 Å². The Morgan fingerprint density at radius 3 is 3.00 bits per heavy atom. The highest BCUT2D eigenvalue weighted by atomic mass is 16.5. The van der Waals surface area contributed by atoms with E-state index < -0.39 is 0 Å². The zero-order chi connectivity index (χ0) is 13.8. The number of methoxy groups -OCH3 is 1. The third kappa shape index (κ3) is 3.20. The summed E-state index contributed by atoms with van der Waals surface area (Å²) in [5.41, 5.74) is 0. The Hall–Kier alpha value is -1.81. The molecule has 3 rings (SSSR count). The highest BCUT2D eigenvalue weighted by Crippen LogP contribution is 2.28. The van der Waals surface area contributed by atoms with Crippen molar-refractivity contribution < 1.29 is 9.47 Å². The summed E-state index contributed by atoms with van der Waals surface area (Å²) in [7, 11) is 1.68. The summed E-state index contributed by atoms with van der Waals surface area (Å²) in [6.07, 6.45) is 4.48. The van der Waals surface area contributed by atoms with Crippen LogP contribution in [0.25, 0.3) is 10.8 Å². The number of aromatic nitrogens is 1. The first-order chi connectivity index (χ1) is 9.86. The minimum atomic E-state index is 0.727. The standard InChI is InChI=1S/C16H20N2O2/c1-19-14-4-5-15-13(10-14)6-7-17-16(15)18-8-9-20-11-12-2-3-12/h4-7,10,12H,2-3,8-9,11H2,1H3,(H,17,18). The molecule has 1 aliphatic carbocycles. The highest BCUT2D eigenvalue weighted by Gasteiger charge is 2.20. The Bertz CT molecular complexity index is 582. The molecule has 1 aromatic heterocycles. The van der Waals surface area contributed by atoms with Crippen LogP contribution in [-0.4, -0.2) is 31.9 Å². The first kappa shape index (κ1) is 13.2. The van der Waals surface area contributed by atoms with Gasteiger partial charge in [-0.15, -0.1) is 0 Å². The normalized spacial score (nSPS) is 14.4. The van der Waals surface area contributed by atoms with E-state index in [0.29, 0.717) is 0 Å². The Balaban J connectivity index is 1.61. The maximum absolute atomic E-state index is 5.62. The second-order valence-electron chi connectivity index (χ2n) is 5.19. The first-order valence-corrected chi connectivity index (χ1v) is 7.11. The molecule has 0 spiro atoms. The number of nitrogens with one attached hydrogen (secondary N) is 1. The van der Waals surface area contributed by atoms with Gasteiger partial charge in [0.05, 0.1) is 13.7 Å². The summed E-state index contributed by atoms with van der Waals surface area (Å²) >= 11 is 0. The molecule has 0 atom stereocenters. The van der Waals surface area contributed by atoms with E-state index >= 15 is 0 Å². The number of nitrogens with zero attached hydrogens (tertiary/aromatic N) is 1. The molecule has 1 aliphatic rings. The fourth-order valence-electron chi connectivity index (χ4n) is 2.20. The maximum atomic E-state index is 5.62. The SMILES string of the molecule is COc1ccc2c(NCCOCC3CC3)nccc2c1. The molecule has 0 radical (unpaired) electrons. The Kier molecular flexibility index (Phi) is 4.02. The van der Waals surface area contributed by atoms with Gasteiger partial charge in [0.1, 0.15) is 11.6 Å². The highest BCUT2D eigenvalue weighted by molar-refractivity contribution is 5.92. The summed E-state index contributed by atoms with van der Waals surface area (Å²) in [5, 5.41) is 5.57. The van der Waals surface area contributed by atoms with Crippen molar-refractivity contribution >= 4 is 16.6 Å². The monoisotopic (exact) mass is 272 g/mol. The molecule has 4 heteroatoms. The molecule has 1 saturated carbocycles. The largest absolute Gasteiger partial charge is 0.497 e. The summed E-state index contributed by atoms with van der Waals surface area (Å²) < 4.78 is 10.9. The fourth-order valence-corrected chi connectivity index (χ4v) is 2.20. The van der Waals surface area contributed by atoms with Crippen LogP contribution < -0.4 is 10.1 Å². The molecule has 0 unspecified atom stereocenters. The van der Waals surface area contributed by atoms with Gasteiger partial charge in [-0.1, -0.05) is 0 Å². The minimum absolute atomic E-state index is 0.727. The van der Waals surface area contributed by atoms with Crippen LogP contribution >= 0.6 is 0 Å². The number of hydrogen-bond acceptors (Lipinski definition) is 4. The Morgan fingerprint density at radius 1 is 1.30 bits per heavy atom. The van der Waals surface area contributed by atoms with Gasteiger partial charge in [-0.25, -0.2) is 4.98 Å². The van der Waals surface area contributed by atoms with Gasteiger partial charge in [-0.3, -0.25) is 0 Å². The van der Waals surface area contributed by atoms with Crippen LogP contribution in [0.2, 0.25) is 0 Å². The first-order valence-electron chi connectivity index (χ1n) is 7.11. The van der Waals surface area contributed by atoms with E-state index in [1.54, 1.807) is 7.11 Å². The number of pyridine rings is 1. The van der Waals surface area contributed by atoms with Crippen molar-refractivity contribution in [2.45, 2.75) is 12.8 Å². The van der Waals surface area contributed by atoms with Crippen molar-refractivity contribution in [1.29, 1.82) is 0 Å². The predicted molar refractivity (Wildman–Crippen MR) is 80.3 cm³/mol. The van der Waals surface area contributed by atoms with Gasteiger partial charge >= 0.3 is 0 Å². The zero-order valence-corrected chi connectivity index (χ0v) is 11.8. The molecule has 4 nitrogen and oxygen atoms in total. The third-order valence-electron chi connectivity index (χ3n) is 3.56. The van der Waals surface area contributed by atoms with Gasteiger partial charge in [0.25, 0.3) is 0 Å². The molecule has 0 amide bonds. The lowest BCUT2D eigenvalue weighted by Crippen LogP contribution is -2.11. The Morgan fingerprint density at radius 2 is 2.20 bits per heavy atom. The van der Waals surface area contributed by atoms with E-state index in [2.05, 4.69) is 10.3 Å². The van der Waals surface area contributed by atoms with Crippen molar-refractivity contribution in [2.75, 3.05) is 32.2 Å². The molecular formula is C16H20N2O2. The van der Waals surface area contributed by atoms with Gasteiger partial charge in [-0.05, 0) is 48.4 Å². The zero-order valence-electron chi connectivity index (χ0n) is 11.8. The van der Waals surface area contributed by atoms with Crippen LogP contribution in [-0.2, 0) is 4.74 Å². The number of fused-ring (bicyclic) bond motifs is 1. The summed E-state index contributed by atoms with van der Waals surface area (Å²) in [6.45, 7) is 2.41. The minimum Gasteiger partial charge on any atom is -0.497 e. The fraction of sp³-hybridized carbons (Fsp3) is 0.438. The van der Waals surface area contributed by atoms with Crippen molar-refractivity contribution in [1.82, 2.24) is 4.98 Å². The quantitative estimate of drug-likeness (QED) is 0.787. The van der Waals surface area contributed by atoms with Crippen LogP contribution in [0.4, 0.5) is 5.82 Å². The van der Waals surface area contributed by atoms with Gasteiger partial charge in [0.2, 0.25) is 0 Å². The van der Waals surface area contributed by atoms with Gasteiger partial charge in [0, 0.05) is 24.7 Å². The van der Waals surface area contributed by atoms with E-state index in [1.165, 1.54) is 12.8 Å². The molecule has 106 valence electrons. The van der Waals surface area contributed by atoms with Gasteiger partial charge in [0.15, 0.2) is 0 Å². The third-order valence-corrected chi connectivity index (χ3v) is 3.56. The molecule has 1 aromatic carbocycles. The van der Waals surface area contributed by atoms with E-state index in [1.807, 2.05) is 30.5 Å². The lowest BCUT2D eigenvalue weighted by Gasteiger charge is -2.10. The van der Waals surface area contributed by atoms with E-state index in [-0.39, 0.29) is 0 Å². The van der Waals surface area contributed by atoms with E-state index in [4.69, 9.17) is 9.47 Å². The smallest absolute Gasteiger partial charge is 0.133 e. The maximum Gasteiger partial charge on any atom is 0.133 e. The Labute approximate surface area is 119 Å². The van der Waals surface area contributed by atoms with Crippen LogP contribution in [0.15, 0.2) is 30.5 Å². The molecule has 1 fully saturated rings. The number of hydrogen-bond donors (Lipinski definition) is 1. The number of rotatable bonds is 7. The average Bonchev–Trinajstić information content (AvgIpc) is 3.30. The van der Waals surface area contributed by atoms with Crippen molar-refractivity contribution in [3.05, 3.63) is 30.5 Å². The summed E-state index contributed by atoms with van der Waals surface area (Å²) in [5.74, 6) is 2.58. The van der Waals surface area contributed by atoms with Crippen molar-refractivity contribution in [2.24, 2.45) is 5.92 Å². The molecule has 20 heavy (non-hydrogen) atoms. The van der Waals surface area contributed by atoms with Crippen molar-refractivity contribution in [3.63, 3.8) is 0 Å². The number of anilines is 1. The van der Waals surface area contributed by atoms with Crippen LogP contribution in [0.5, 0.6) is 5.75 Å². The van der Waals surface area contributed by atoms with Crippen LogP contribution in [0.3, 0.4) is 0 Å². The van der Waals surface area contributed by atoms with Crippen LogP contribution in [0, 0.1) is 5.92 Å². The van der Waals surface area contributed by atoms with Crippen LogP contribution in [0.1, 0.15) is 12.8 Å². The lowest BCUT2D eigenvalue weighted by atomic mass is 10.1. The molecule has 0 saturated heterocycles. The molecule has 1 N–H and O–H groups in total. The van der Waals surface area contributed by atoms with E-state index in [9.17, 15) is 0 Å². The van der Waals surface area contributed by atoms with Gasteiger partial charge < -0.3 is 14.8 Å². The molecule has 1 heterocycles. The summed E-state index contributed by atoms with van der Waals surface area (Å²) in [6, 6.07) is 8.01. The van der Waals surface area contributed by atoms with Gasteiger partial charge in [-0.2, -0.15) is 0 Å². The topological polar surface area (TPSA) is 43.4 Å². The van der Waals surface area contributed by atoms with E-state index in [0.717, 1.165) is 48.0 Å². The number of ether oxygens (including phenoxy) is 2.